The summed E-state index contributed by atoms with van der Waals surface area (Å²) >= 11 is 0. The Morgan fingerprint density at radius 3 is 2.57 bits per heavy atom. The van der Waals surface area contributed by atoms with Crippen LogP contribution in [0.3, 0.4) is 0 Å². The summed E-state index contributed by atoms with van der Waals surface area (Å²) in [5.41, 5.74) is 2.92. The second-order valence-electron chi connectivity index (χ2n) is 7.09. The second kappa shape index (κ2) is 5.32. The van der Waals surface area contributed by atoms with Gasteiger partial charge in [0.05, 0.1) is 0 Å². The van der Waals surface area contributed by atoms with Crippen molar-refractivity contribution in [2.75, 3.05) is 0 Å². The lowest BCUT2D eigenvalue weighted by Gasteiger charge is -2.29. The molecular formula is C19H25NO. The molecule has 21 heavy (non-hydrogen) atoms. The molecule has 2 nitrogen and oxygen atoms in total. The third-order valence-corrected chi connectivity index (χ3v) is 4.96. The summed E-state index contributed by atoms with van der Waals surface area (Å²) in [5.74, 6) is 0.946. The Morgan fingerprint density at radius 2 is 1.90 bits per heavy atom. The minimum Gasteiger partial charge on any atom is -0.358 e. The smallest absolute Gasteiger partial charge is 0.171 e. The molecule has 0 amide bonds. The first-order valence-electron chi connectivity index (χ1n) is 8.16. The van der Waals surface area contributed by atoms with Crippen LogP contribution in [0.4, 0.5) is 0 Å². The van der Waals surface area contributed by atoms with Crippen molar-refractivity contribution in [2.24, 2.45) is 11.3 Å². The average molecular weight is 283 g/mol. The highest BCUT2D eigenvalue weighted by atomic mass is 16.1. The van der Waals surface area contributed by atoms with Crippen LogP contribution in [-0.2, 0) is 0 Å². The van der Waals surface area contributed by atoms with Crippen LogP contribution in [-0.4, -0.2) is 10.8 Å². The molecule has 1 N–H and O–H groups in total. The molecule has 0 atom stereocenters. The lowest BCUT2D eigenvalue weighted by atomic mass is 9.72. The standard InChI is InChI=1S/C19H25NO/c1-13(2)12-19(10-6-7-11-19)18(21)17-14(3)20-16-9-5-4-8-15(16)17/h4-5,8-9,13,20H,6-7,10-12H2,1-3H3. The number of aryl methyl sites for hydroxylation is 1. The van der Waals surface area contributed by atoms with Crippen LogP contribution < -0.4 is 0 Å². The second-order valence-corrected chi connectivity index (χ2v) is 7.09. The van der Waals surface area contributed by atoms with Gasteiger partial charge in [0.15, 0.2) is 5.78 Å². The van der Waals surface area contributed by atoms with Crippen molar-refractivity contribution >= 4 is 16.7 Å². The summed E-state index contributed by atoms with van der Waals surface area (Å²) in [6.07, 6.45) is 5.52. The highest BCUT2D eigenvalue weighted by Crippen LogP contribution is 2.46. The molecule has 0 unspecified atom stereocenters. The normalized spacial score (nSPS) is 17.7. The lowest BCUT2D eigenvalue weighted by Crippen LogP contribution is -2.30. The number of hydrogen-bond acceptors (Lipinski definition) is 1. The molecule has 0 spiro atoms. The zero-order valence-corrected chi connectivity index (χ0v) is 13.3. The average Bonchev–Trinajstić information content (AvgIpc) is 3.01. The van der Waals surface area contributed by atoms with E-state index in [2.05, 4.69) is 31.0 Å². The van der Waals surface area contributed by atoms with Gasteiger partial charge in [-0.1, -0.05) is 44.9 Å². The Labute approximate surface area is 126 Å². The van der Waals surface area contributed by atoms with Crippen molar-refractivity contribution in [3.05, 3.63) is 35.5 Å². The number of H-pyrrole nitrogens is 1. The van der Waals surface area contributed by atoms with Gasteiger partial charge >= 0.3 is 0 Å². The number of aromatic nitrogens is 1. The van der Waals surface area contributed by atoms with Crippen LogP contribution in [0.15, 0.2) is 24.3 Å². The molecule has 0 saturated heterocycles. The largest absolute Gasteiger partial charge is 0.358 e. The Bertz CT molecular complexity index is 659. The Balaban J connectivity index is 2.08. The maximum atomic E-state index is 13.4. The van der Waals surface area contributed by atoms with E-state index in [9.17, 15) is 4.79 Å². The van der Waals surface area contributed by atoms with Crippen molar-refractivity contribution in [3.8, 4) is 0 Å². The van der Waals surface area contributed by atoms with E-state index in [1.807, 2.05) is 19.1 Å². The Kier molecular flexibility index (Phi) is 3.64. The van der Waals surface area contributed by atoms with Crippen LogP contribution in [0.5, 0.6) is 0 Å². The molecule has 1 aromatic carbocycles. The van der Waals surface area contributed by atoms with E-state index in [0.29, 0.717) is 11.7 Å². The molecule has 1 fully saturated rings. The molecule has 0 radical (unpaired) electrons. The summed E-state index contributed by atoms with van der Waals surface area (Å²) in [7, 11) is 0. The molecule has 2 heteroatoms. The summed E-state index contributed by atoms with van der Waals surface area (Å²) in [4.78, 5) is 16.8. The fourth-order valence-corrected chi connectivity index (χ4v) is 4.19. The third-order valence-electron chi connectivity index (χ3n) is 4.96. The number of nitrogens with one attached hydrogen (secondary N) is 1. The maximum absolute atomic E-state index is 13.4. The van der Waals surface area contributed by atoms with Crippen molar-refractivity contribution in [1.82, 2.24) is 4.98 Å². The number of ketones is 1. The molecule has 112 valence electrons. The molecule has 1 aliphatic rings. The minimum absolute atomic E-state index is 0.121. The minimum atomic E-state index is -0.121. The van der Waals surface area contributed by atoms with Gasteiger partial charge in [0.1, 0.15) is 0 Å². The van der Waals surface area contributed by atoms with E-state index in [1.165, 1.54) is 12.8 Å². The maximum Gasteiger partial charge on any atom is 0.171 e. The molecule has 3 rings (SSSR count). The summed E-state index contributed by atoms with van der Waals surface area (Å²) in [6, 6.07) is 8.18. The van der Waals surface area contributed by atoms with Gasteiger partial charge in [0.25, 0.3) is 0 Å². The fraction of sp³-hybridized carbons (Fsp3) is 0.526. The summed E-state index contributed by atoms with van der Waals surface area (Å²) in [5, 5.41) is 1.09. The van der Waals surface area contributed by atoms with Gasteiger partial charge in [-0.05, 0) is 38.2 Å². The number of rotatable bonds is 4. The van der Waals surface area contributed by atoms with Gasteiger partial charge in [0, 0.05) is 27.6 Å². The number of para-hydroxylation sites is 1. The number of carbonyl (C=O) groups is 1. The highest BCUT2D eigenvalue weighted by molar-refractivity contribution is 6.11. The van der Waals surface area contributed by atoms with Crippen molar-refractivity contribution in [1.29, 1.82) is 0 Å². The van der Waals surface area contributed by atoms with Crippen LogP contribution in [0.1, 0.15) is 62.0 Å². The van der Waals surface area contributed by atoms with Gasteiger partial charge < -0.3 is 4.98 Å². The first-order valence-corrected chi connectivity index (χ1v) is 8.16. The van der Waals surface area contributed by atoms with E-state index >= 15 is 0 Å². The Hall–Kier alpha value is -1.57. The van der Waals surface area contributed by atoms with Gasteiger partial charge in [-0.2, -0.15) is 0 Å². The first-order chi connectivity index (χ1) is 10.0. The van der Waals surface area contributed by atoms with Gasteiger partial charge in [0.2, 0.25) is 0 Å². The van der Waals surface area contributed by atoms with Gasteiger partial charge in [-0.15, -0.1) is 0 Å². The predicted molar refractivity (Wildman–Crippen MR) is 87.7 cm³/mol. The molecule has 1 saturated carbocycles. The van der Waals surface area contributed by atoms with Crippen molar-refractivity contribution in [2.45, 2.75) is 52.9 Å². The number of benzene rings is 1. The quantitative estimate of drug-likeness (QED) is 0.762. The zero-order chi connectivity index (χ0) is 15.0. The van der Waals surface area contributed by atoms with Crippen LogP contribution in [0, 0.1) is 18.3 Å². The van der Waals surface area contributed by atoms with E-state index < -0.39 is 0 Å². The zero-order valence-electron chi connectivity index (χ0n) is 13.3. The molecular weight excluding hydrogens is 258 g/mol. The van der Waals surface area contributed by atoms with Crippen LogP contribution in [0.25, 0.3) is 10.9 Å². The molecule has 2 aromatic rings. The molecule has 1 aromatic heterocycles. The first kappa shape index (κ1) is 14.4. The predicted octanol–water partition coefficient (Wildman–Crippen LogP) is 5.27. The number of aromatic amines is 1. The van der Waals surface area contributed by atoms with Crippen molar-refractivity contribution in [3.63, 3.8) is 0 Å². The number of carbonyl (C=O) groups excluding carboxylic acids is 1. The number of hydrogen-bond donors (Lipinski definition) is 1. The lowest BCUT2D eigenvalue weighted by molar-refractivity contribution is 0.0761. The van der Waals surface area contributed by atoms with Crippen molar-refractivity contribution < 1.29 is 4.79 Å². The topological polar surface area (TPSA) is 32.9 Å². The molecule has 1 heterocycles. The summed E-state index contributed by atoms with van der Waals surface area (Å²) < 4.78 is 0. The van der Waals surface area contributed by atoms with Crippen LogP contribution in [0.2, 0.25) is 0 Å². The Morgan fingerprint density at radius 1 is 1.24 bits per heavy atom. The van der Waals surface area contributed by atoms with Gasteiger partial charge in [-0.3, -0.25) is 4.79 Å². The third kappa shape index (κ3) is 2.41. The fourth-order valence-electron chi connectivity index (χ4n) is 4.19. The molecule has 0 aliphatic heterocycles. The van der Waals surface area contributed by atoms with Gasteiger partial charge in [-0.25, -0.2) is 0 Å². The van der Waals surface area contributed by atoms with E-state index in [-0.39, 0.29) is 5.41 Å². The van der Waals surface area contributed by atoms with Crippen LogP contribution >= 0.6 is 0 Å². The van der Waals surface area contributed by atoms with E-state index in [4.69, 9.17) is 0 Å². The SMILES string of the molecule is Cc1[nH]c2ccccc2c1C(=O)C1(CC(C)C)CCCC1. The monoisotopic (exact) mass is 283 g/mol. The number of fused-ring (bicyclic) bond motifs is 1. The molecule has 1 aliphatic carbocycles. The van der Waals surface area contributed by atoms with E-state index in [1.54, 1.807) is 0 Å². The number of Topliss-reactive ketones (excluding diaryl/α,β-unsaturated/α-hetero) is 1. The highest BCUT2D eigenvalue weighted by Gasteiger charge is 2.42. The molecule has 0 bridgehead atoms. The van der Waals surface area contributed by atoms with E-state index in [0.717, 1.165) is 41.4 Å². The summed E-state index contributed by atoms with van der Waals surface area (Å²) in [6.45, 7) is 6.50.